The number of sulfonamides is 1. The van der Waals surface area contributed by atoms with Crippen LogP contribution in [0.2, 0.25) is 0 Å². The Morgan fingerprint density at radius 2 is 2.04 bits per heavy atom. The number of ether oxygens (including phenoxy) is 1. The molecule has 0 unspecified atom stereocenters. The number of rotatable bonds is 7. The summed E-state index contributed by atoms with van der Waals surface area (Å²) in [5.74, 6) is -0.257. The van der Waals surface area contributed by atoms with E-state index in [-0.39, 0.29) is 11.5 Å². The zero-order chi connectivity index (χ0) is 18.6. The van der Waals surface area contributed by atoms with Crippen LogP contribution in [0.5, 0.6) is 0 Å². The van der Waals surface area contributed by atoms with Crippen LogP contribution in [-0.4, -0.2) is 25.9 Å². The second-order valence-corrected chi connectivity index (χ2v) is 8.13. The van der Waals surface area contributed by atoms with Gasteiger partial charge in [-0.2, -0.15) is 4.72 Å². The molecule has 0 saturated heterocycles. The van der Waals surface area contributed by atoms with Gasteiger partial charge in [0.25, 0.3) is 0 Å². The van der Waals surface area contributed by atoms with E-state index in [9.17, 15) is 13.2 Å². The molecule has 0 bridgehead atoms. The Hall–Kier alpha value is -2.49. The Kier molecular flexibility index (Phi) is 5.50. The first kappa shape index (κ1) is 18.3. The number of benzene rings is 1. The van der Waals surface area contributed by atoms with Crippen molar-refractivity contribution in [3.05, 3.63) is 59.3 Å². The number of carbonyl (C=O) groups excluding carboxylic acids is 1. The predicted octanol–water partition coefficient (Wildman–Crippen LogP) is 2.73. The Bertz CT molecular complexity index is 977. The van der Waals surface area contributed by atoms with E-state index in [1.54, 1.807) is 12.1 Å². The summed E-state index contributed by atoms with van der Waals surface area (Å²) in [6, 6.07) is 10.1. The van der Waals surface area contributed by atoms with Gasteiger partial charge in [0.1, 0.15) is 25.1 Å². The Labute approximate surface area is 154 Å². The van der Waals surface area contributed by atoms with Gasteiger partial charge in [0.05, 0.1) is 9.77 Å². The van der Waals surface area contributed by atoms with Crippen molar-refractivity contribution >= 4 is 27.3 Å². The van der Waals surface area contributed by atoms with Crippen LogP contribution in [0.25, 0.3) is 10.8 Å². The van der Waals surface area contributed by atoms with Crippen LogP contribution < -0.4 is 4.72 Å². The van der Waals surface area contributed by atoms with Gasteiger partial charge in [0.2, 0.25) is 15.9 Å². The molecule has 0 fully saturated rings. The monoisotopic (exact) mass is 392 g/mol. The first-order valence-corrected chi connectivity index (χ1v) is 10.0. The molecular formula is C17H16N2O5S2. The molecule has 3 aromatic rings. The number of oxazole rings is 1. The number of aryl methyl sites for hydroxylation is 1. The summed E-state index contributed by atoms with van der Waals surface area (Å²) in [7, 11) is -3.76. The highest BCUT2D eigenvalue weighted by Crippen LogP contribution is 2.23. The summed E-state index contributed by atoms with van der Waals surface area (Å²) in [5, 5.41) is 1.90. The summed E-state index contributed by atoms with van der Waals surface area (Å²) in [4.78, 5) is 17.0. The molecule has 9 heteroatoms. The third kappa shape index (κ3) is 4.57. The van der Waals surface area contributed by atoms with Crippen molar-refractivity contribution in [1.82, 2.24) is 9.71 Å². The number of carbonyl (C=O) groups is 1. The van der Waals surface area contributed by atoms with Crippen molar-refractivity contribution in [3.8, 4) is 10.8 Å². The molecule has 2 heterocycles. The molecule has 7 nitrogen and oxygen atoms in total. The summed E-state index contributed by atoms with van der Waals surface area (Å²) in [6.45, 7) is 1.29. The summed E-state index contributed by atoms with van der Waals surface area (Å²) in [5.41, 5.74) is 1.39. The number of esters is 1. The fourth-order valence-corrected chi connectivity index (χ4v) is 3.67. The number of hydrogen-bond acceptors (Lipinski definition) is 7. The molecule has 0 spiro atoms. The Morgan fingerprint density at radius 1 is 1.27 bits per heavy atom. The second-order valence-electron chi connectivity index (χ2n) is 5.42. The SMILES string of the molecule is Cc1ccc(S(=O)(=O)NCC(=O)OCc2coc(-c3cccs3)n2)cc1. The van der Waals surface area contributed by atoms with E-state index >= 15 is 0 Å². The van der Waals surface area contributed by atoms with E-state index in [1.165, 1.54) is 29.7 Å². The minimum atomic E-state index is -3.76. The largest absolute Gasteiger partial charge is 0.458 e. The van der Waals surface area contributed by atoms with Gasteiger partial charge >= 0.3 is 5.97 Å². The third-order valence-electron chi connectivity index (χ3n) is 3.40. The molecule has 3 rings (SSSR count). The zero-order valence-corrected chi connectivity index (χ0v) is 15.5. The van der Waals surface area contributed by atoms with Gasteiger partial charge in [-0.15, -0.1) is 11.3 Å². The quantitative estimate of drug-likeness (QED) is 0.621. The molecule has 0 amide bonds. The number of nitrogens with zero attached hydrogens (tertiary/aromatic N) is 1. The number of aromatic nitrogens is 1. The van der Waals surface area contributed by atoms with Gasteiger partial charge in [-0.25, -0.2) is 13.4 Å². The molecule has 0 atom stereocenters. The van der Waals surface area contributed by atoms with Crippen molar-refractivity contribution in [2.75, 3.05) is 6.54 Å². The van der Waals surface area contributed by atoms with Gasteiger partial charge in [0, 0.05) is 0 Å². The third-order valence-corrected chi connectivity index (χ3v) is 5.68. The van der Waals surface area contributed by atoms with E-state index in [0.29, 0.717) is 11.6 Å². The van der Waals surface area contributed by atoms with Crippen molar-refractivity contribution in [2.24, 2.45) is 0 Å². The Morgan fingerprint density at radius 3 is 2.73 bits per heavy atom. The van der Waals surface area contributed by atoms with E-state index in [0.717, 1.165) is 10.4 Å². The van der Waals surface area contributed by atoms with Gasteiger partial charge in [-0.05, 0) is 30.5 Å². The van der Waals surface area contributed by atoms with Crippen molar-refractivity contribution < 1.29 is 22.4 Å². The average Bonchev–Trinajstić information content (AvgIpc) is 3.30. The van der Waals surface area contributed by atoms with E-state index in [1.807, 2.05) is 24.4 Å². The first-order chi connectivity index (χ1) is 12.4. The predicted molar refractivity (Wildman–Crippen MR) is 96.0 cm³/mol. The lowest BCUT2D eigenvalue weighted by Crippen LogP contribution is -2.30. The van der Waals surface area contributed by atoms with Gasteiger partial charge in [-0.3, -0.25) is 4.79 Å². The molecule has 26 heavy (non-hydrogen) atoms. The highest BCUT2D eigenvalue weighted by molar-refractivity contribution is 7.89. The van der Waals surface area contributed by atoms with Crippen molar-refractivity contribution in [2.45, 2.75) is 18.4 Å². The number of nitrogens with one attached hydrogen (secondary N) is 1. The molecule has 1 aromatic carbocycles. The molecule has 0 saturated carbocycles. The number of thiophene rings is 1. The smallest absolute Gasteiger partial charge is 0.321 e. The summed E-state index contributed by atoms with van der Waals surface area (Å²) in [6.07, 6.45) is 1.40. The molecular weight excluding hydrogens is 376 g/mol. The second kappa shape index (κ2) is 7.81. The highest BCUT2D eigenvalue weighted by Gasteiger charge is 2.16. The van der Waals surface area contributed by atoms with Crippen molar-refractivity contribution in [3.63, 3.8) is 0 Å². The minimum absolute atomic E-state index is 0.0907. The molecule has 0 radical (unpaired) electrons. The molecule has 2 aromatic heterocycles. The maximum Gasteiger partial charge on any atom is 0.321 e. The highest BCUT2D eigenvalue weighted by atomic mass is 32.2. The molecule has 136 valence electrons. The van der Waals surface area contributed by atoms with E-state index < -0.39 is 22.5 Å². The van der Waals surface area contributed by atoms with Crippen LogP contribution in [0, 0.1) is 6.92 Å². The minimum Gasteiger partial charge on any atom is -0.458 e. The average molecular weight is 392 g/mol. The van der Waals surface area contributed by atoms with Crippen LogP contribution in [0.1, 0.15) is 11.3 Å². The maximum atomic E-state index is 12.1. The van der Waals surface area contributed by atoms with Crippen LogP contribution >= 0.6 is 11.3 Å². The molecule has 0 aliphatic carbocycles. The van der Waals surface area contributed by atoms with E-state index in [2.05, 4.69) is 9.71 Å². The molecule has 0 aliphatic heterocycles. The molecule has 0 aliphatic rings. The molecule has 1 N–H and O–H groups in total. The first-order valence-electron chi connectivity index (χ1n) is 7.64. The van der Waals surface area contributed by atoms with Gasteiger partial charge in [0.15, 0.2) is 0 Å². The maximum absolute atomic E-state index is 12.1. The lowest BCUT2D eigenvalue weighted by molar-refractivity contribution is -0.143. The van der Waals surface area contributed by atoms with E-state index in [4.69, 9.17) is 9.15 Å². The fraction of sp³-hybridized carbons (Fsp3) is 0.176. The normalized spacial score (nSPS) is 11.4. The van der Waals surface area contributed by atoms with Crippen LogP contribution in [0.3, 0.4) is 0 Å². The van der Waals surface area contributed by atoms with Crippen LogP contribution in [0.4, 0.5) is 0 Å². The Balaban J connectivity index is 1.51. The van der Waals surface area contributed by atoms with Crippen LogP contribution in [-0.2, 0) is 26.2 Å². The standard InChI is InChI=1S/C17H16N2O5S2/c1-12-4-6-14(7-5-12)26(21,22)18-9-16(20)23-10-13-11-24-17(19-13)15-3-2-8-25-15/h2-8,11,18H,9-10H2,1H3. The summed E-state index contributed by atoms with van der Waals surface area (Å²) < 4.78 is 36.8. The zero-order valence-electron chi connectivity index (χ0n) is 13.8. The summed E-state index contributed by atoms with van der Waals surface area (Å²) >= 11 is 1.48. The van der Waals surface area contributed by atoms with Gasteiger partial charge in [-0.1, -0.05) is 23.8 Å². The van der Waals surface area contributed by atoms with Crippen LogP contribution in [0.15, 0.2) is 57.4 Å². The van der Waals surface area contributed by atoms with Gasteiger partial charge < -0.3 is 9.15 Å². The number of hydrogen-bond donors (Lipinski definition) is 1. The lowest BCUT2D eigenvalue weighted by Gasteiger charge is -2.07. The lowest BCUT2D eigenvalue weighted by atomic mass is 10.2. The van der Waals surface area contributed by atoms with Crippen molar-refractivity contribution in [1.29, 1.82) is 0 Å². The topological polar surface area (TPSA) is 98.5 Å². The fourth-order valence-electron chi connectivity index (χ4n) is 2.05.